The van der Waals surface area contributed by atoms with E-state index >= 15 is 0 Å². The van der Waals surface area contributed by atoms with Crippen LogP contribution in [0.5, 0.6) is 0 Å². The van der Waals surface area contributed by atoms with Gasteiger partial charge >= 0.3 is 0 Å². The molecule has 0 spiro atoms. The van der Waals surface area contributed by atoms with E-state index in [1.807, 2.05) is 0 Å². The molecule has 2 aliphatic rings. The minimum absolute atomic E-state index is 0.176. The number of aryl methyl sites for hydroxylation is 1. The predicted molar refractivity (Wildman–Crippen MR) is 62.2 cm³/mol. The van der Waals surface area contributed by atoms with E-state index in [9.17, 15) is 0 Å². The first-order chi connectivity index (χ1) is 7.75. The van der Waals surface area contributed by atoms with Gasteiger partial charge in [-0.2, -0.15) is 5.10 Å². The molecule has 2 unspecified atom stereocenters. The Morgan fingerprint density at radius 3 is 2.75 bits per heavy atom. The molecule has 0 saturated heterocycles. The fraction of sp³-hybridized carbons (Fsp3) is 0.833. The summed E-state index contributed by atoms with van der Waals surface area (Å²) in [5.41, 5.74) is 6.03. The monoisotopic (exact) mass is 220 g/mol. The molecule has 0 amide bonds. The second kappa shape index (κ2) is 3.84. The fourth-order valence-electron chi connectivity index (χ4n) is 2.73. The summed E-state index contributed by atoms with van der Waals surface area (Å²) in [6.45, 7) is 2.07. The smallest absolute Gasteiger partial charge is 0.154 e. The van der Waals surface area contributed by atoms with Crippen LogP contribution < -0.4 is 5.73 Å². The van der Waals surface area contributed by atoms with E-state index in [4.69, 9.17) is 15.8 Å². The highest BCUT2D eigenvalue weighted by Gasteiger charge is 2.29. The molecular formula is C12H20N4. The van der Waals surface area contributed by atoms with E-state index in [0.29, 0.717) is 12.0 Å². The van der Waals surface area contributed by atoms with Gasteiger partial charge in [-0.25, -0.2) is 9.67 Å². The zero-order valence-corrected chi connectivity index (χ0v) is 9.89. The largest absolute Gasteiger partial charge is 0.326 e. The summed E-state index contributed by atoms with van der Waals surface area (Å²) >= 11 is 0. The first-order valence-corrected chi connectivity index (χ1v) is 6.46. The number of rotatable bonds is 2. The van der Waals surface area contributed by atoms with Gasteiger partial charge in [-0.15, -0.1) is 0 Å². The van der Waals surface area contributed by atoms with Crippen molar-refractivity contribution in [2.45, 2.75) is 63.5 Å². The van der Waals surface area contributed by atoms with Crippen molar-refractivity contribution < 1.29 is 0 Å². The molecule has 88 valence electrons. The Morgan fingerprint density at radius 2 is 2.12 bits per heavy atom. The maximum Gasteiger partial charge on any atom is 0.154 e. The van der Waals surface area contributed by atoms with E-state index in [-0.39, 0.29) is 6.04 Å². The molecule has 2 atom stereocenters. The Hall–Kier alpha value is -0.900. The van der Waals surface area contributed by atoms with Crippen molar-refractivity contribution in [2.24, 2.45) is 5.73 Å². The zero-order chi connectivity index (χ0) is 11.1. The lowest BCUT2D eigenvalue weighted by Crippen LogP contribution is -2.33. The molecule has 1 aliphatic heterocycles. The highest BCUT2D eigenvalue weighted by atomic mass is 15.4. The molecule has 2 N–H and O–H groups in total. The molecule has 0 aromatic carbocycles. The molecule has 1 fully saturated rings. The molecule has 1 aromatic heterocycles. The van der Waals surface area contributed by atoms with Gasteiger partial charge in [0.1, 0.15) is 5.82 Å². The van der Waals surface area contributed by atoms with Crippen LogP contribution in [0.1, 0.15) is 62.6 Å². The third-order valence-electron chi connectivity index (χ3n) is 4.01. The number of hydrogen-bond donors (Lipinski definition) is 1. The zero-order valence-electron chi connectivity index (χ0n) is 9.89. The van der Waals surface area contributed by atoms with Crippen LogP contribution >= 0.6 is 0 Å². The highest BCUT2D eigenvalue weighted by molar-refractivity contribution is 5.06. The molecule has 2 heterocycles. The van der Waals surface area contributed by atoms with Gasteiger partial charge in [-0.05, 0) is 32.6 Å². The van der Waals surface area contributed by atoms with Crippen molar-refractivity contribution in [3.05, 3.63) is 11.6 Å². The molecular weight excluding hydrogens is 200 g/mol. The molecule has 1 saturated carbocycles. The normalized spacial score (nSPS) is 27.2. The SMILES string of the molecule is CC(N)C1CCCc2nc(C3CCC3)nn21. The van der Waals surface area contributed by atoms with Crippen molar-refractivity contribution >= 4 is 0 Å². The maximum atomic E-state index is 6.03. The lowest BCUT2D eigenvalue weighted by Gasteiger charge is -2.26. The van der Waals surface area contributed by atoms with Crippen molar-refractivity contribution in [3.63, 3.8) is 0 Å². The summed E-state index contributed by atoms with van der Waals surface area (Å²) in [5, 5.41) is 4.70. The minimum atomic E-state index is 0.176. The number of nitrogens with two attached hydrogens (primary N) is 1. The van der Waals surface area contributed by atoms with E-state index in [1.54, 1.807) is 0 Å². The fourth-order valence-corrected chi connectivity index (χ4v) is 2.73. The van der Waals surface area contributed by atoms with Gasteiger partial charge in [0.05, 0.1) is 6.04 Å². The maximum absolute atomic E-state index is 6.03. The lowest BCUT2D eigenvalue weighted by molar-refractivity contribution is 0.316. The molecule has 1 aromatic rings. The Balaban J connectivity index is 1.91. The van der Waals surface area contributed by atoms with Gasteiger partial charge in [0.25, 0.3) is 0 Å². The Labute approximate surface area is 96.2 Å². The quantitative estimate of drug-likeness (QED) is 0.826. The van der Waals surface area contributed by atoms with Crippen LogP contribution in [0.3, 0.4) is 0 Å². The highest BCUT2D eigenvalue weighted by Crippen LogP contribution is 2.36. The van der Waals surface area contributed by atoms with E-state index < -0.39 is 0 Å². The van der Waals surface area contributed by atoms with Crippen LogP contribution in [0, 0.1) is 0 Å². The van der Waals surface area contributed by atoms with E-state index in [1.165, 1.54) is 25.7 Å². The molecule has 0 bridgehead atoms. The lowest BCUT2D eigenvalue weighted by atomic mass is 9.85. The van der Waals surface area contributed by atoms with Gasteiger partial charge in [0.2, 0.25) is 0 Å². The summed E-state index contributed by atoms with van der Waals surface area (Å²) < 4.78 is 2.11. The van der Waals surface area contributed by atoms with Crippen LogP contribution in [0.4, 0.5) is 0 Å². The van der Waals surface area contributed by atoms with Crippen LogP contribution in [-0.4, -0.2) is 20.8 Å². The van der Waals surface area contributed by atoms with Crippen LogP contribution in [0.2, 0.25) is 0 Å². The second-order valence-electron chi connectivity index (χ2n) is 5.28. The summed E-state index contributed by atoms with van der Waals surface area (Å²) in [7, 11) is 0. The topological polar surface area (TPSA) is 56.7 Å². The number of aromatic nitrogens is 3. The van der Waals surface area contributed by atoms with Crippen molar-refractivity contribution in [2.75, 3.05) is 0 Å². The molecule has 0 radical (unpaired) electrons. The minimum Gasteiger partial charge on any atom is -0.326 e. The van der Waals surface area contributed by atoms with Crippen molar-refractivity contribution in [3.8, 4) is 0 Å². The first-order valence-electron chi connectivity index (χ1n) is 6.46. The Morgan fingerprint density at radius 1 is 1.31 bits per heavy atom. The van der Waals surface area contributed by atoms with E-state index in [2.05, 4.69) is 11.6 Å². The standard InChI is InChI=1S/C12H20N4/c1-8(13)10-6-3-7-11-14-12(15-16(10)11)9-4-2-5-9/h8-10H,2-7,13H2,1H3. The van der Waals surface area contributed by atoms with Gasteiger partial charge in [0, 0.05) is 18.4 Å². The van der Waals surface area contributed by atoms with Crippen molar-refractivity contribution in [1.82, 2.24) is 14.8 Å². The van der Waals surface area contributed by atoms with Crippen LogP contribution in [-0.2, 0) is 6.42 Å². The molecule has 4 heteroatoms. The van der Waals surface area contributed by atoms with Crippen LogP contribution in [0.15, 0.2) is 0 Å². The Bertz CT molecular complexity index is 378. The van der Waals surface area contributed by atoms with Gasteiger partial charge < -0.3 is 5.73 Å². The average molecular weight is 220 g/mol. The van der Waals surface area contributed by atoms with Crippen LogP contribution in [0.25, 0.3) is 0 Å². The molecule has 1 aliphatic carbocycles. The first kappa shape index (κ1) is 10.3. The van der Waals surface area contributed by atoms with Crippen molar-refractivity contribution in [1.29, 1.82) is 0 Å². The van der Waals surface area contributed by atoms with Gasteiger partial charge in [-0.1, -0.05) is 6.42 Å². The number of fused-ring (bicyclic) bond motifs is 1. The third kappa shape index (κ3) is 1.56. The summed E-state index contributed by atoms with van der Waals surface area (Å²) in [5.74, 6) is 2.87. The van der Waals surface area contributed by atoms with Gasteiger partial charge in [-0.3, -0.25) is 0 Å². The summed E-state index contributed by atoms with van der Waals surface area (Å²) in [6.07, 6.45) is 7.31. The Kier molecular flexibility index (Phi) is 2.46. The summed E-state index contributed by atoms with van der Waals surface area (Å²) in [4.78, 5) is 4.70. The molecule has 16 heavy (non-hydrogen) atoms. The average Bonchev–Trinajstić information content (AvgIpc) is 2.56. The predicted octanol–water partition coefficient (Wildman–Crippen LogP) is 1.77. The second-order valence-corrected chi connectivity index (χ2v) is 5.28. The number of hydrogen-bond acceptors (Lipinski definition) is 3. The number of nitrogens with zero attached hydrogens (tertiary/aromatic N) is 3. The molecule has 3 rings (SSSR count). The van der Waals surface area contributed by atoms with Gasteiger partial charge in [0.15, 0.2) is 5.82 Å². The third-order valence-corrected chi connectivity index (χ3v) is 4.01. The molecule has 4 nitrogen and oxygen atoms in total. The van der Waals surface area contributed by atoms with E-state index in [0.717, 1.165) is 24.5 Å². The summed E-state index contributed by atoms with van der Waals surface area (Å²) in [6, 6.07) is 0.542.